The molecule has 4 N–H and O–H groups in total. The maximum Gasteiger partial charge on any atom is 0.169 e. The first-order chi connectivity index (χ1) is 14.9. The van der Waals surface area contributed by atoms with Crippen LogP contribution in [0.15, 0.2) is 101 Å². The van der Waals surface area contributed by atoms with Crippen molar-refractivity contribution in [2.24, 2.45) is 0 Å². The molecular weight excluding hydrogens is 458 g/mol. The summed E-state index contributed by atoms with van der Waals surface area (Å²) in [4.78, 5) is 1.12. The topological polar surface area (TPSA) is 85.8 Å². The molecule has 156 valence electrons. The number of fused-ring (bicyclic) bond motifs is 3. The van der Waals surface area contributed by atoms with E-state index in [9.17, 15) is 20.4 Å². The zero-order chi connectivity index (χ0) is 22.1. The van der Waals surface area contributed by atoms with E-state index in [0.717, 1.165) is 32.5 Å². The second-order valence-electron chi connectivity index (χ2n) is 7.07. The van der Waals surface area contributed by atoms with Crippen LogP contribution in [0.2, 0.25) is 0 Å². The van der Waals surface area contributed by atoms with Crippen LogP contribution in [0.3, 0.4) is 0 Å². The second kappa shape index (κ2) is 8.24. The van der Waals surface area contributed by atoms with Crippen LogP contribution in [0.4, 0.5) is 0 Å². The van der Waals surface area contributed by atoms with E-state index in [1.165, 1.54) is 6.92 Å². The highest BCUT2D eigenvalue weighted by Crippen LogP contribution is 2.34. The average molecular weight is 478 g/mol. The Balaban J connectivity index is 2.03. The summed E-state index contributed by atoms with van der Waals surface area (Å²) < 4.78 is 2.09. The van der Waals surface area contributed by atoms with Gasteiger partial charge in [0.1, 0.15) is 5.76 Å². The van der Waals surface area contributed by atoms with Crippen molar-refractivity contribution in [3.8, 4) is 5.69 Å². The lowest BCUT2D eigenvalue weighted by molar-refractivity contribution is 0.318. The van der Waals surface area contributed by atoms with E-state index in [2.05, 4.69) is 32.6 Å². The van der Waals surface area contributed by atoms with E-state index in [1.54, 1.807) is 18.2 Å². The van der Waals surface area contributed by atoms with Crippen LogP contribution in [0.5, 0.6) is 0 Å². The van der Waals surface area contributed by atoms with E-state index in [-0.39, 0.29) is 11.3 Å². The van der Waals surface area contributed by atoms with E-state index < -0.39 is 17.3 Å². The van der Waals surface area contributed by atoms with E-state index in [0.29, 0.717) is 5.56 Å². The quantitative estimate of drug-likeness (QED) is 0.185. The fourth-order valence-electron chi connectivity index (χ4n) is 3.75. The van der Waals surface area contributed by atoms with Crippen molar-refractivity contribution in [2.75, 3.05) is 0 Å². The molecule has 4 aromatic rings. The van der Waals surface area contributed by atoms with Crippen molar-refractivity contribution < 1.29 is 20.4 Å². The van der Waals surface area contributed by atoms with Gasteiger partial charge in [0, 0.05) is 21.4 Å². The number of aliphatic hydroxyl groups is 4. The molecule has 0 aliphatic carbocycles. The largest absolute Gasteiger partial charge is 0.509 e. The highest BCUT2D eigenvalue weighted by atomic mass is 79.9. The zero-order valence-corrected chi connectivity index (χ0v) is 18.2. The van der Waals surface area contributed by atoms with Crippen LogP contribution in [0.1, 0.15) is 12.5 Å². The van der Waals surface area contributed by atoms with E-state index in [4.69, 9.17) is 0 Å². The minimum Gasteiger partial charge on any atom is -0.509 e. The SMILES string of the molecule is C\C(O)=C(O)/C(=C(O)\C(O)=C\Br)c1cccc(-n2c3ccccc3c3ccccc32)c1. The highest BCUT2D eigenvalue weighted by Gasteiger charge is 2.20. The minimum absolute atomic E-state index is 0.0872. The molecule has 0 saturated heterocycles. The highest BCUT2D eigenvalue weighted by molar-refractivity contribution is 9.11. The van der Waals surface area contributed by atoms with Crippen molar-refractivity contribution in [3.05, 3.63) is 106 Å². The number of halogens is 1. The van der Waals surface area contributed by atoms with Gasteiger partial charge in [0.15, 0.2) is 17.3 Å². The molecule has 31 heavy (non-hydrogen) atoms. The molecule has 0 radical (unpaired) electrons. The van der Waals surface area contributed by atoms with Crippen LogP contribution in [-0.4, -0.2) is 25.0 Å². The number of aromatic nitrogens is 1. The van der Waals surface area contributed by atoms with E-state index in [1.807, 2.05) is 42.5 Å². The summed E-state index contributed by atoms with van der Waals surface area (Å²) in [5, 5.41) is 43.1. The van der Waals surface area contributed by atoms with Gasteiger partial charge in [0.2, 0.25) is 0 Å². The third-order valence-electron chi connectivity index (χ3n) is 5.14. The van der Waals surface area contributed by atoms with Gasteiger partial charge < -0.3 is 25.0 Å². The molecule has 0 saturated carbocycles. The first kappa shape index (κ1) is 20.6. The molecule has 0 bridgehead atoms. The lowest BCUT2D eigenvalue weighted by Gasteiger charge is -2.14. The van der Waals surface area contributed by atoms with Crippen LogP contribution in [0, 0.1) is 0 Å². The molecule has 1 aromatic heterocycles. The molecule has 0 spiro atoms. The van der Waals surface area contributed by atoms with Crippen LogP contribution in [-0.2, 0) is 0 Å². The molecule has 3 aromatic carbocycles. The molecule has 0 fully saturated rings. The fourth-order valence-corrected chi connectivity index (χ4v) is 3.96. The Morgan fingerprint density at radius 3 is 1.90 bits per heavy atom. The molecule has 5 nitrogen and oxygen atoms in total. The number of rotatable bonds is 4. The Labute approximate surface area is 187 Å². The summed E-state index contributed by atoms with van der Waals surface area (Å²) in [7, 11) is 0. The second-order valence-corrected chi connectivity index (χ2v) is 7.53. The molecular formula is C25H20BrNO4. The molecule has 0 aliphatic rings. The van der Waals surface area contributed by atoms with Crippen LogP contribution in [0.25, 0.3) is 33.1 Å². The predicted octanol–water partition coefficient (Wildman–Crippen LogP) is 7.19. The maximum atomic E-state index is 10.5. The van der Waals surface area contributed by atoms with Gasteiger partial charge in [-0.05, 0) is 36.8 Å². The Morgan fingerprint density at radius 1 is 0.774 bits per heavy atom. The third-order valence-corrected chi connectivity index (χ3v) is 5.57. The number of allylic oxidation sites excluding steroid dienone is 2. The van der Waals surface area contributed by atoms with Gasteiger partial charge in [-0.2, -0.15) is 0 Å². The Kier molecular flexibility index (Phi) is 5.48. The molecule has 0 aliphatic heterocycles. The third kappa shape index (κ3) is 3.55. The first-order valence-electron chi connectivity index (χ1n) is 9.55. The molecule has 4 rings (SSSR count). The number of hydrogen-bond acceptors (Lipinski definition) is 4. The Morgan fingerprint density at radius 2 is 1.35 bits per heavy atom. The molecule has 6 heteroatoms. The van der Waals surface area contributed by atoms with Gasteiger partial charge in [0.05, 0.1) is 16.6 Å². The average Bonchev–Trinajstić information content (AvgIpc) is 3.13. The number of aliphatic hydroxyl groups excluding tert-OH is 4. The van der Waals surface area contributed by atoms with Gasteiger partial charge in [-0.1, -0.05) is 64.5 Å². The molecule has 0 atom stereocenters. The summed E-state index contributed by atoms with van der Waals surface area (Å²) in [6.07, 6.45) is 0. The van der Waals surface area contributed by atoms with Gasteiger partial charge >= 0.3 is 0 Å². The summed E-state index contributed by atoms with van der Waals surface area (Å²) in [5.41, 5.74) is 3.15. The first-order valence-corrected chi connectivity index (χ1v) is 10.5. The standard InChI is InChI=1S/C25H20BrNO4/c1-15(28)24(30)23(25(31)22(29)14-26)16-7-6-8-17(13-16)27-20-11-4-2-9-18(20)19-10-3-5-12-21(19)27/h2-14,28-31H,1H3/b22-14-,24-15-,25-23+. The lowest BCUT2D eigenvalue weighted by atomic mass is 10.0. The van der Waals surface area contributed by atoms with Crippen LogP contribution >= 0.6 is 15.9 Å². The van der Waals surface area contributed by atoms with Gasteiger partial charge in [-0.15, -0.1) is 0 Å². The molecule has 0 unspecified atom stereocenters. The van der Waals surface area contributed by atoms with Crippen molar-refractivity contribution in [1.82, 2.24) is 4.57 Å². The summed E-state index contributed by atoms with van der Waals surface area (Å²) in [6, 6.07) is 23.3. The number of hydrogen-bond donors (Lipinski definition) is 4. The van der Waals surface area contributed by atoms with E-state index >= 15 is 0 Å². The Bertz CT molecular complexity index is 1340. The summed E-state index contributed by atoms with van der Waals surface area (Å²) in [6.45, 7) is 1.30. The minimum atomic E-state index is -0.567. The van der Waals surface area contributed by atoms with Crippen molar-refractivity contribution in [1.29, 1.82) is 0 Å². The van der Waals surface area contributed by atoms with Crippen LogP contribution < -0.4 is 0 Å². The van der Waals surface area contributed by atoms with Gasteiger partial charge in [-0.25, -0.2) is 0 Å². The van der Waals surface area contributed by atoms with Gasteiger partial charge in [-0.3, -0.25) is 0 Å². The number of para-hydroxylation sites is 2. The van der Waals surface area contributed by atoms with Crippen molar-refractivity contribution >= 4 is 43.3 Å². The zero-order valence-electron chi connectivity index (χ0n) is 16.6. The smallest absolute Gasteiger partial charge is 0.169 e. The molecule has 0 amide bonds. The summed E-state index contributed by atoms with van der Waals surface area (Å²) >= 11 is 2.97. The molecule has 1 heterocycles. The Hall–Kier alpha value is -3.64. The number of benzene rings is 3. The lowest BCUT2D eigenvalue weighted by Crippen LogP contribution is -2.02. The number of nitrogens with zero attached hydrogens (tertiary/aromatic N) is 1. The monoisotopic (exact) mass is 477 g/mol. The normalized spacial score (nSPS) is 13.9. The van der Waals surface area contributed by atoms with Crippen molar-refractivity contribution in [3.63, 3.8) is 0 Å². The maximum absolute atomic E-state index is 10.5. The fraction of sp³-hybridized carbons (Fsp3) is 0.0400. The van der Waals surface area contributed by atoms with Crippen molar-refractivity contribution in [2.45, 2.75) is 6.92 Å². The van der Waals surface area contributed by atoms with Gasteiger partial charge in [0.25, 0.3) is 0 Å². The summed E-state index contributed by atoms with van der Waals surface area (Å²) in [5.74, 6) is -1.96. The predicted molar refractivity (Wildman–Crippen MR) is 128 cm³/mol.